The summed E-state index contributed by atoms with van der Waals surface area (Å²) < 4.78 is 26.5. The molecular formula is C17H20N2O5S2. The van der Waals surface area contributed by atoms with Gasteiger partial charge in [-0.1, -0.05) is 13.8 Å². The van der Waals surface area contributed by atoms with Gasteiger partial charge in [-0.15, -0.1) is 11.3 Å². The van der Waals surface area contributed by atoms with Crippen LogP contribution in [-0.4, -0.2) is 42.6 Å². The molecule has 140 valence electrons. The Kier molecular flexibility index (Phi) is 6.17. The minimum atomic E-state index is -3.72. The van der Waals surface area contributed by atoms with Crippen molar-refractivity contribution < 1.29 is 23.1 Å². The number of phenolic OH excluding ortho intramolecular Hbond substituents is 1. The van der Waals surface area contributed by atoms with E-state index in [-0.39, 0.29) is 27.0 Å². The molecule has 1 aromatic carbocycles. The molecule has 0 spiro atoms. The Morgan fingerprint density at radius 2 is 1.73 bits per heavy atom. The molecule has 0 aliphatic carbocycles. The molecule has 1 heterocycles. The lowest BCUT2D eigenvalue weighted by atomic mass is 10.3. The largest absolute Gasteiger partial charge is 0.506 e. The lowest BCUT2D eigenvalue weighted by Crippen LogP contribution is -2.30. The number of aromatic hydroxyl groups is 1. The molecule has 2 aromatic rings. The topological polar surface area (TPSA) is 104 Å². The second-order valence-electron chi connectivity index (χ2n) is 5.44. The summed E-state index contributed by atoms with van der Waals surface area (Å²) in [5.41, 5.74) is -0.0130. The van der Waals surface area contributed by atoms with Gasteiger partial charge in [-0.25, -0.2) is 8.42 Å². The molecule has 0 saturated heterocycles. The SMILES string of the molecule is CCN(CC)S(=O)(=O)c1ccc(O)c(NC(=O)c2ccc(C(C)=O)s2)c1. The molecule has 1 aromatic heterocycles. The summed E-state index contributed by atoms with van der Waals surface area (Å²) in [7, 11) is -3.72. The van der Waals surface area contributed by atoms with E-state index in [9.17, 15) is 23.1 Å². The average molecular weight is 396 g/mol. The number of benzene rings is 1. The van der Waals surface area contributed by atoms with Gasteiger partial charge in [-0.2, -0.15) is 4.31 Å². The lowest BCUT2D eigenvalue weighted by Gasteiger charge is -2.19. The molecule has 0 unspecified atom stereocenters. The highest BCUT2D eigenvalue weighted by molar-refractivity contribution is 7.89. The van der Waals surface area contributed by atoms with Gasteiger partial charge in [0.05, 0.1) is 20.3 Å². The molecular weight excluding hydrogens is 376 g/mol. The lowest BCUT2D eigenvalue weighted by molar-refractivity contribution is 0.101. The molecule has 9 heteroatoms. The zero-order valence-electron chi connectivity index (χ0n) is 14.6. The van der Waals surface area contributed by atoms with E-state index in [1.807, 2.05) is 0 Å². The van der Waals surface area contributed by atoms with Gasteiger partial charge in [0.25, 0.3) is 5.91 Å². The second-order valence-corrected chi connectivity index (χ2v) is 8.46. The number of amides is 1. The van der Waals surface area contributed by atoms with Crippen LogP contribution in [0.1, 0.15) is 40.1 Å². The first-order valence-corrected chi connectivity index (χ1v) is 10.2. The van der Waals surface area contributed by atoms with Crippen molar-refractivity contribution >= 4 is 38.7 Å². The van der Waals surface area contributed by atoms with Gasteiger partial charge in [-0.05, 0) is 37.3 Å². The van der Waals surface area contributed by atoms with Crippen LogP contribution in [0.3, 0.4) is 0 Å². The average Bonchev–Trinajstić information content (AvgIpc) is 3.08. The minimum Gasteiger partial charge on any atom is -0.506 e. The third-order valence-electron chi connectivity index (χ3n) is 3.74. The number of sulfonamides is 1. The van der Waals surface area contributed by atoms with E-state index < -0.39 is 15.9 Å². The maximum Gasteiger partial charge on any atom is 0.265 e. The molecule has 2 N–H and O–H groups in total. The summed E-state index contributed by atoms with van der Waals surface area (Å²) in [6, 6.07) is 6.78. The smallest absolute Gasteiger partial charge is 0.265 e. The number of nitrogens with one attached hydrogen (secondary N) is 1. The molecule has 0 atom stereocenters. The number of phenols is 1. The summed E-state index contributed by atoms with van der Waals surface area (Å²) in [5.74, 6) is -0.931. The van der Waals surface area contributed by atoms with Gasteiger partial charge >= 0.3 is 0 Å². The summed E-state index contributed by atoms with van der Waals surface area (Å²) in [4.78, 5) is 24.4. The maximum atomic E-state index is 12.6. The van der Waals surface area contributed by atoms with Crippen LogP contribution in [0.15, 0.2) is 35.2 Å². The van der Waals surface area contributed by atoms with Gasteiger partial charge in [0.2, 0.25) is 10.0 Å². The Balaban J connectivity index is 2.32. The van der Waals surface area contributed by atoms with Crippen LogP contribution in [0.2, 0.25) is 0 Å². The minimum absolute atomic E-state index is 0.0130. The van der Waals surface area contributed by atoms with E-state index in [1.54, 1.807) is 19.9 Å². The predicted octanol–water partition coefficient (Wildman–Crippen LogP) is 2.94. The summed E-state index contributed by atoms with van der Waals surface area (Å²) in [6.07, 6.45) is 0. The number of carbonyl (C=O) groups excluding carboxylic acids is 2. The first kappa shape index (κ1) is 20.1. The number of rotatable bonds is 7. The first-order valence-electron chi connectivity index (χ1n) is 7.96. The molecule has 0 bridgehead atoms. The van der Waals surface area contributed by atoms with Crippen molar-refractivity contribution in [2.75, 3.05) is 18.4 Å². The summed E-state index contributed by atoms with van der Waals surface area (Å²) in [6.45, 7) is 5.48. The van der Waals surface area contributed by atoms with Gasteiger partial charge in [0.1, 0.15) is 5.75 Å². The fraction of sp³-hybridized carbons (Fsp3) is 0.294. The number of anilines is 1. The number of thiophene rings is 1. The van der Waals surface area contributed by atoms with Crippen LogP contribution in [0, 0.1) is 0 Å². The van der Waals surface area contributed by atoms with Gasteiger partial charge < -0.3 is 10.4 Å². The molecule has 0 radical (unpaired) electrons. The normalized spacial score (nSPS) is 11.5. The molecule has 7 nitrogen and oxygen atoms in total. The van der Waals surface area contributed by atoms with Crippen molar-refractivity contribution in [3.63, 3.8) is 0 Å². The highest BCUT2D eigenvalue weighted by Crippen LogP contribution is 2.29. The molecule has 0 aliphatic heterocycles. The van der Waals surface area contributed by atoms with E-state index in [1.165, 1.54) is 35.5 Å². The van der Waals surface area contributed by atoms with Crippen molar-refractivity contribution in [3.05, 3.63) is 40.1 Å². The van der Waals surface area contributed by atoms with Crippen LogP contribution in [0.25, 0.3) is 0 Å². The fourth-order valence-electron chi connectivity index (χ4n) is 2.32. The van der Waals surface area contributed by atoms with E-state index in [0.29, 0.717) is 18.0 Å². The molecule has 2 rings (SSSR count). The third-order valence-corrected chi connectivity index (χ3v) is 6.97. The molecule has 0 saturated carbocycles. The quantitative estimate of drug-likeness (QED) is 0.553. The Morgan fingerprint density at radius 1 is 1.12 bits per heavy atom. The zero-order chi connectivity index (χ0) is 19.5. The van der Waals surface area contributed by atoms with Crippen LogP contribution >= 0.6 is 11.3 Å². The van der Waals surface area contributed by atoms with Crippen molar-refractivity contribution in [3.8, 4) is 5.75 Å². The third kappa shape index (κ3) is 4.12. The van der Waals surface area contributed by atoms with Crippen molar-refractivity contribution in [1.82, 2.24) is 4.31 Å². The fourth-order valence-corrected chi connectivity index (χ4v) is 4.60. The molecule has 0 fully saturated rings. The van der Waals surface area contributed by atoms with Crippen molar-refractivity contribution in [2.24, 2.45) is 0 Å². The predicted molar refractivity (Wildman–Crippen MR) is 100 cm³/mol. The van der Waals surface area contributed by atoms with Gasteiger partial charge in [-0.3, -0.25) is 9.59 Å². The standard InChI is InChI=1S/C17H20N2O5S2/c1-4-19(5-2)26(23,24)12-6-7-14(21)13(10-12)18-17(22)16-9-8-15(25-16)11(3)20/h6-10,21H,4-5H2,1-3H3,(H,18,22). The zero-order valence-corrected chi connectivity index (χ0v) is 16.3. The monoisotopic (exact) mass is 396 g/mol. The molecule has 0 aliphatic rings. The first-order chi connectivity index (χ1) is 12.2. The Morgan fingerprint density at radius 3 is 2.27 bits per heavy atom. The number of nitrogens with zero attached hydrogens (tertiary/aromatic N) is 1. The summed E-state index contributed by atoms with van der Waals surface area (Å²) >= 11 is 1.03. The second kappa shape index (κ2) is 7.98. The number of hydrogen-bond donors (Lipinski definition) is 2. The van der Waals surface area contributed by atoms with Crippen molar-refractivity contribution in [1.29, 1.82) is 0 Å². The molecule has 26 heavy (non-hydrogen) atoms. The highest BCUT2D eigenvalue weighted by Gasteiger charge is 2.23. The summed E-state index contributed by atoms with van der Waals surface area (Å²) in [5, 5.41) is 12.5. The highest BCUT2D eigenvalue weighted by atomic mass is 32.2. The Bertz CT molecular complexity index is 930. The van der Waals surface area contributed by atoms with Gasteiger partial charge in [0.15, 0.2) is 5.78 Å². The van der Waals surface area contributed by atoms with E-state index in [4.69, 9.17) is 0 Å². The number of carbonyl (C=O) groups is 2. The number of ketones is 1. The van der Waals surface area contributed by atoms with E-state index in [0.717, 1.165) is 11.3 Å². The van der Waals surface area contributed by atoms with Crippen LogP contribution in [0.4, 0.5) is 5.69 Å². The van der Waals surface area contributed by atoms with Crippen molar-refractivity contribution in [2.45, 2.75) is 25.7 Å². The Hall–Kier alpha value is -2.23. The maximum absolute atomic E-state index is 12.6. The van der Waals surface area contributed by atoms with Crippen LogP contribution in [0.5, 0.6) is 5.75 Å². The molecule has 1 amide bonds. The van der Waals surface area contributed by atoms with E-state index >= 15 is 0 Å². The number of hydrogen-bond acceptors (Lipinski definition) is 6. The van der Waals surface area contributed by atoms with Gasteiger partial charge in [0, 0.05) is 13.1 Å². The van der Waals surface area contributed by atoms with E-state index in [2.05, 4.69) is 5.32 Å². The number of Topliss-reactive ketones (excluding diaryl/α,β-unsaturated/α-hetero) is 1. The van der Waals surface area contributed by atoms with Crippen LogP contribution in [-0.2, 0) is 10.0 Å². The Labute approximate surface area is 156 Å². The van der Waals surface area contributed by atoms with Crippen LogP contribution < -0.4 is 5.32 Å².